The van der Waals surface area contributed by atoms with Crippen LogP contribution in [0.3, 0.4) is 0 Å². The van der Waals surface area contributed by atoms with Gasteiger partial charge in [-0.1, -0.05) is 25.1 Å². The van der Waals surface area contributed by atoms with Crippen LogP contribution in [0, 0.1) is 13.8 Å². The van der Waals surface area contributed by atoms with E-state index in [-0.39, 0.29) is 23.1 Å². The number of nitrogens with one attached hydrogen (secondary N) is 2. The predicted molar refractivity (Wildman–Crippen MR) is 168 cm³/mol. The van der Waals surface area contributed by atoms with E-state index in [1.807, 2.05) is 6.92 Å². The van der Waals surface area contributed by atoms with E-state index in [1.165, 1.54) is 4.74 Å². The Labute approximate surface area is 258 Å². The number of nitrogens with zero attached hydrogens (tertiary/aromatic N) is 5. The fourth-order valence-electron chi connectivity index (χ4n) is 5.77. The summed E-state index contributed by atoms with van der Waals surface area (Å²) < 4.78 is 8.33. The van der Waals surface area contributed by atoms with Crippen LogP contribution in [0.15, 0.2) is 76.4 Å². The largest absolute Gasteiger partial charge is 0.381 e. The number of amides is 3. The zero-order valence-electron chi connectivity index (χ0n) is 25.4. The third-order valence-corrected chi connectivity index (χ3v) is 7.77. The average molecular weight is 606 g/mol. The van der Waals surface area contributed by atoms with Gasteiger partial charge in [0.2, 0.25) is 0 Å². The Kier molecular flexibility index (Phi) is 7.41. The number of rotatable bonds is 7. The molecule has 0 spiro atoms. The number of pyridine rings is 1. The predicted octanol–water partition coefficient (Wildman–Crippen LogP) is 5.01. The van der Waals surface area contributed by atoms with Gasteiger partial charge in [0.05, 0.1) is 17.9 Å². The molecule has 1 unspecified atom stereocenters. The summed E-state index contributed by atoms with van der Waals surface area (Å²) in [5, 5.41) is 5.59. The molecule has 1 atom stereocenters. The molecule has 0 saturated heterocycles. The summed E-state index contributed by atoms with van der Waals surface area (Å²) in [6, 6.07) is 14.9. The molecule has 0 aliphatic carbocycles. The van der Waals surface area contributed by atoms with Crippen molar-refractivity contribution in [3.63, 3.8) is 0 Å². The summed E-state index contributed by atoms with van der Waals surface area (Å²) in [4.78, 5) is 63.3. The highest BCUT2D eigenvalue weighted by molar-refractivity contribution is 6.15. The lowest BCUT2D eigenvalue weighted by Crippen LogP contribution is -2.28. The van der Waals surface area contributed by atoms with Gasteiger partial charge in [0.15, 0.2) is 5.82 Å². The summed E-state index contributed by atoms with van der Waals surface area (Å²) in [7, 11) is 3.36. The molecule has 0 radical (unpaired) electrons. The molecule has 4 heterocycles. The molecule has 45 heavy (non-hydrogen) atoms. The van der Waals surface area contributed by atoms with Crippen molar-refractivity contribution in [3.8, 4) is 11.1 Å². The Hall–Kier alpha value is -5.78. The van der Waals surface area contributed by atoms with E-state index in [0.717, 1.165) is 0 Å². The van der Waals surface area contributed by atoms with Crippen molar-refractivity contribution in [1.29, 1.82) is 0 Å². The molecule has 0 bridgehead atoms. The molecule has 0 saturated carbocycles. The van der Waals surface area contributed by atoms with Gasteiger partial charge in [-0.3, -0.25) is 19.2 Å². The quantitative estimate of drug-likeness (QED) is 0.265. The van der Waals surface area contributed by atoms with E-state index in [4.69, 9.17) is 4.52 Å². The topological polar surface area (TPSA) is 144 Å². The van der Waals surface area contributed by atoms with Gasteiger partial charge in [-0.15, -0.1) is 0 Å². The van der Waals surface area contributed by atoms with Crippen molar-refractivity contribution in [1.82, 2.24) is 19.3 Å². The number of anilines is 3. The zero-order chi connectivity index (χ0) is 32.0. The van der Waals surface area contributed by atoms with Crippen LogP contribution in [-0.4, -0.2) is 37.0 Å². The fraction of sp³-hybridized carbons (Fsp3) is 0.212. The number of benzene rings is 2. The lowest BCUT2D eigenvalue weighted by atomic mass is 9.99. The van der Waals surface area contributed by atoms with Crippen molar-refractivity contribution in [2.45, 2.75) is 33.2 Å². The average Bonchev–Trinajstić information content (AvgIpc) is 3.64. The van der Waals surface area contributed by atoms with E-state index in [2.05, 4.69) is 20.6 Å². The van der Waals surface area contributed by atoms with Crippen molar-refractivity contribution in [2.24, 2.45) is 14.1 Å². The van der Waals surface area contributed by atoms with Gasteiger partial charge >= 0.3 is 0 Å². The van der Waals surface area contributed by atoms with E-state index < -0.39 is 11.9 Å². The number of fused-ring (bicyclic) bond motifs is 1. The highest BCUT2D eigenvalue weighted by atomic mass is 16.5. The number of carbonyl (C=O) groups is 3. The van der Waals surface area contributed by atoms with Crippen LogP contribution >= 0.6 is 0 Å². The Morgan fingerprint density at radius 2 is 1.73 bits per heavy atom. The molecule has 3 aromatic heterocycles. The van der Waals surface area contributed by atoms with Crippen LogP contribution in [0.2, 0.25) is 0 Å². The molecule has 12 nitrogen and oxygen atoms in total. The van der Waals surface area contributed by atoms with Crippen molar-refractivity contribution < 1.29 is 18.9 Å². The minimum absolute atomic E-state index is 0.144. The molecule has 228 valence electrons. The Bertz CT molecular complexity index is 2040. The number of aromatic nitrogens is 4. The number of hydrogen-bond donors (Lipinski definition) is 2. The van der Waals surface area contributed by atoms with Crippen molar-refractivity contribution in [2.75, 3.05) is 15.5 Å². The lowest BCUT2D eigenvalue weighted by Gasteiger charge is -2.25. The summed E-state index contributed by atoms with van der Waals surface area (Å²) in [6.07, 6.45) is 3.78. The van der Waals surface area contributed by atoms with Crippen molar-refractivity contribution in [3.05, 3.63) is 111 Å². The second-order valence-electron chi connectivity index (χ2n) is 11.0. The Morgan fingerprint density at radius 1 is 0.978 bits per heavy atom. The van der Waals surface area contributed by atoms with Gasteiger partial charge in [-0.25, -0.2) is 9.97 Å². The first-order valence-electron chi connectivity index (χ1n) is 14.4. The first-order chi connectivity index (χ1) is 21.5. The van der Waals surface area contributed by atoms with Gasteiger partial charge in [0, 0.05) is 54.1 Å². The molecule has 5 aromatic rings. The van der Waals surface area contributed by atoms with Gasteiger partial charge in [-0.2, -0.15) is 4.74 Å². The molecule has 1 aliphatic rings. The summed E-state index contributed by atoms with van der Waals surface area (Å²) in [5.41, 5.74) is 3.87. The second-order valence-corrected chi connectivity index (χ2v) is 11.0. The normalized spacial score (nSPS) is 14.0. The first-order valence-corrected chi connectivity index (χ1v) is 14.4. The molecule has 6 rings (SSSR count). The summed E-state index contributed by atoms with van der Waals surface area (Å²) >= 11 is 0. The van der Waals surface area contributed by atoms with Gasteiger partial charge < -0.3 is 24.6 Å². The lowest BCUT2D eigenvalue weighted by molar-refractivity contribution is 0.0988. The first kappa shape index (κ1) is 29.3. The van der Waals surface area contributed by atoms with Crippen LogP contribution in [-0.2, 0) is 14.1 Å². The maximum atomic E-state index is 13.8. The van der Waals surface area contributed by atoms with Crippen LogP contribution < -0.4 is 21.1 Å². The Balaban J connectivity index is 1.28. The van der Waals surface area contributed by atoms with E-state index in [0.29, 0.717) is 62.9 Å². The number of imidazole rings is 1. The molecular weight excluding hydrogens is 574 g/mol. The molecule has 12 heteroatoms. The van der Waals surface area contributed by atoms with E-state index in [1.54, 1.807) is 105 Å². The van der Waals surface area contributed by atoms with Crippen LogP contribution in [0.5, 0.6) is 0 Å². The maximum Gasteiger partial charge on any atom is 0.290 e. The molecule has 2 aromatic carbocycles. The van der Waals surface area contributed by atoms with Gasteiger partial charge in [-0.05, 0) is 62.2 Å². The summed E-state index contributed by atoms with van der Waals surface area (Å²) in [6.45, 7) is 5.41. The number of aryl methyl sites for hydroxylation is 4. The molecule has 3 amide bonds. The Morgan fingerprint density at radius 3 is 2.38 bits per heavy atom. The standard InChI is InChI=1S/C33H31N7O5/c1-6-25-28-24(32(43)40(25)23-12-10-20(11-13-23)27-19(3)45-39(5)33(27)44)14-18(2)35-29(28)31(42)36-22-9-7-8-21(15-22)30(41)37-26-16-38(4)17-34-26/h7-17,25H,6H2,1-5H3,(H,36,42)(H,37,41). The van der Waals surface area contributed by atoms with E-state index in [9.17, 15) is 19.2 Å². The highest BCUT2D eigenvalue weighted by Gasteiger charge is 2.40. The van der Waals surface area contributed by atoms with E-state index >= 15 is 0 Å². The van der Waals surface area contributed by atoms with Gasteiger partial charge in [0.1, 0.15) is 11.5 Å². The summed E-state index contributed by atoms with van der Waals surface area (Å²) in [5.74, 6) is -0.199. The van der Waals surface area contributed by atoms with Crippen LogP contribution in [0.4, 0.5) is 17.2 Å². The van der Waals surface area contributed by atoms with Crippen molar-refractivity contribution >= 4 is 34.9 Å². The molecular formula is C33H31N7O5. The SMILES string of the molecule is CCC1c2c(cc(C)nc2C(=O)Nc2cccc(C(=O)Nc3cn(C)cn3)c2)C(=O)N1c1ccc(-c2c(C)on(C)c2=O)cc1. The maximum absolute atomic E-state index is 13.8. The fourth-order valence-corrected chi connectivity index (χ4v) is 5.77. The monoisotopic (exact) mass is 605 g/mol. The number of carbonyl (C=O) groups excluding carboxylic acids is 3. The van der Waals surface area contributed by atoms with Gasteiger partial charge in [0.25, 0.3) is 23.3 Å². The zero-order valence-corrected chi connectivity index (χ0v) is 25.4. The minimum atomic E-state index is -0.494. The van der Waals surface area contributed by atoms with Crippen LogP contribution in [0.25, 0.3) is 11.1 Å². The molecule has 1 aliphatic heterocycles. The molecule has 0 fully saturated rings. The smallest absolute Gasteiger partial charge is 0.290 e. The minimum Gasteiger partial charge on any atom is -0.381 e. The van der Waals surface area contributed by atoms with Crippen LogP contribution in [0.1, 0.15) is 67.6 Å². The second kappa shape index (κ2) is 11.4. The third-order valence-electron chi connectivity index (χ3n) is 7.77. The third kappa shape index (κ3) is 5.30. The highest BCUT2D eigenvalue weighted by Crippen LogP contribution is 2.41. The number of hydrogen-bond acceptors (Lipinski definition) is 7. The molecule has 2 N–H and O–H groups in total.